The van der Waals surface area contributed by atoms with E-state index in [0.717, 1.165) is 6.42 Å². The molecule has 27 heavy (non-hydrogen) atoms. The van der Waals surface area contributed by atoms with Crippen LogP contribution < -0.4 is 11.3 Å². The number of primary amides is 1. The first-order valence-electron chi connectivity index (χ1n) is 9.95. The topological polar surface area (TPSA) is 82.2 Å². The van der Waals surface area contributed by atoms with E-state index in [2.05, 4.69) is 0 Å². The van der Waals surface area contributed by atoms with E-state index in [4.69, 9.17) is 5.73 Å². The molecule has 1 fully saturated rings. The lowest BCUT2D eigenvalue weighted by Gasteiger charge is -2.15. The monoisotopic (exact) mass is 368 g/mol. The summed E-state index contributed by atoms with van der Waals surface area (Å²) < 4.78 is 1.32. The van der Waals surface area contributed by atoms with Crippen molar-refractivity contribution in [1.82, 2.24) is 4.57 Å². The minimum atomic E-state index is -0.725. The normalized spacial score (nSPS) is 16.8. The van der Waals surface area contributed by atoms with Crippen molar-refractivity contribution in [2.24, 2.45) is 11.7 Å². The van der Waals surface area contributed by atoms with Crippen molar-refractivity contribution in [2.75, 3.05) is 0 Å². The molecule has 0 unspecified atom stereocenters. The van der Waals surface area contributed by atoms with Gasteiger partial charge < -0.3 is 10.3 Å². The largest absolute Gasteiger partial charge is 0.368 e. The molecule has 0 spiro atoms. The van der Waals surface area contributed by atoms with Crippen LogP contribution in [-0.2, 0) is 4.79 Å². The molecule has 5 nitrogen and oxygen atoms in total. The van der Waals surface area contributed by atoms with E-state index in [1.165, 1.54) is 43.1 Å². The predicted molar refractivity (Wildman–Crippen MR) is 107 cm³/mol. The summed E-state index contributed by atoms with van der Waals surface area (Å²) in [5.74, 6) is 0.164. The van der Waals surface area contributed by atoms with Gasteiger partial charge in [-0.1, -0.05) is 50.7 Å². The molecule has 2 N–H and O–H groups in total. The third kappa shape index (κ3) is 4.29. The Morgan fingerprint density at radius 3 is 2.48 bits per heavy atom. The predicted octanol–water partition coefficient (Wildman–Crippen LogP) is 3.98. The van der Waals surface area contributed by atoms with Crippen LogP contribution >= 0.6 is 0 Å². The molecule has 1 amide bonds. The summed E-state index contributed by atoms with van der Waals surface area (Å²) in [6.45, 7) is 1.59. The van der Waals surface area contributed by atoms with Crippen molar-refractivity contribution >= 4 is 22.5 Å². The van der Waals surface area contributed by atoms with Crippen molar-refractivity contribution in [1.29, 1.82) is 0 Å². The number of hydrogen-bond donors (Lipinski definition) is 1. The molecule has 1 aromatic carbocycles. The fourth-order valence-electron chi connectivity index (χ4n) is 4.10. The van der Waals surface area contributed by atoms with Gasteiger partial charge in [0.25, 0.3) is 5.56 Å². The Hall–Kier alpha value is -2.43. The van der Waals surface area contributed by atoms with Gasteiger partial charge in [-0.3, -0.25) is 14.4 Å². The number of benzene rings is 1. The van der Waals surface area contributed by atoms with E-state index in [1.54, 1.807) is 37.4 Å². The van der Waals surface area contributed by atoms with Crippen LogP contribution in [0.3, 0.4) is 0 Å². The van der Waals surface area contributed by atoms with E-state index in [0.29, 0.717) is 28.7 Å². The lowest BCUT2D eigenvalue weighted by Crippen LogP contribution is -2.31. The number of rotatable bonds is 6. The molecule has 0 saturated heterocycles. The second kappa shape index (κ2) is 8.51. The third-order valence-electron chi connectivity index (χ3n) is 5.86. The number of nitrogens with two attached hydrogens (primary N) is 1. The maximum absolute atomic E-state index is 12.8. The minimum absolute atomic E-state index is 0.0879. The Bertz CT molecular complexity index is 892. The van der Waals surface area contributed by atoms with Crippen LogP contribution in [0.4, 0.5) is 0 Å². The second-order valence-corrected chi connectivity index (χ2v) is 7.69. The molecule has 0 aliphatic heterocycles. The molecular formula is C22H28N2O3. The highest BCUT2D eigenvalue weighted by atomic mass is 16.2. The first-order valence-corrected chi connectivity index (χ1v) is 9.95. The Labute approximate surface area is 159 Å². The van der Waals surface area contributed by atoms with Crippen molar-refractivity contribution in [3.05, 3.63) is 46.4 Å². The molecule has 0 bridgehead atoms. The highest BCUT2D eigenvalue weighted by Gasteiger charge is 2.18. The number of ketones is 1. The fraction of sp³-hybridized carbons (Fsp3) is 0.500. The Balaban J connectivity index is 1.84. The Kier molecular flexibility index (Phi) is 6.09. The van der Waals surface area contributed by atoms with Crippen molar-refractivity contribution in [3.8, 4) is 0 Å². The molecule has 144 valence electrons. The zero-order chi connectivity index (χ0) is 19.4. The van der Waals surface area contributed by atoms with E-state index in [9.17, 15) is 14.4 Å². The summed E-state index contributed by atoms with van der Waals surface area (Å²) in [7, 11) is 0. The van der Waals surface area contributed by atoms with Gasteiger partial charge in [-0.15, -0.1) is 0 Å². The van der Waals surface area contributed by atoms with Gasteiger partial charge in [0.2, 0.25) is 5.91 Å². The highest BCUT2D eigenvalue weighted by molar-refractivity contribution is 6.07. The highest BCUT2D eigenvalue weighted by Crippen LogP contribution is 2.27. The van der Waals surface area contributed by atoms with Crippen LogP contribution in [0.15, 0.2) is 35.3 Å². The molecule has 5 heteroatoms. The number of carbonyl (C=O) groups is 2. The number of nitrogens with zero attached hydrogens (tertiary/aromatic N) is 1. The summed E-state index contributed by atoms with van der Waals surface area (Å²) in [4.78, 5) is 37.0. The molecule has 3 rings (SSSR count). The van der Waals surface area contributed by atoms with Gasteiger partial charge in [-0.05, 0) is 36.8 Å². The van der Waals surface area contributed by atoms with Gasteiger partial charge in [0.15, 0.2) is 5.78 Å². The lowest BCUT2D eigenvalue weighted by molar-refractivity contribution is -0.120. The van der Waals surface area contributed by atoms with E-state index in [1.807, 2.05) is 0 Å². The van der Waals surface area contributed by atoms with Crippen LogP contribution in [0, 0.1) is 5.92 Å². The number of carbonyl (C=O) groups excluding carboxylic acids is 2. The SMILES string of the molecule is C[C@@H](C(N)=O)n1ccc2c(C(=O)CCC3CCCCCC3)cccc2c1=O. The molecule has 1 aliphatic carbocycles. The number of Topliss-reactive ketones (excluding diaryl/α,β-unsaturated/α-hetero) is 1. The lowest BCUT2D eigenvalue weighted by atomic mass is 9.91. The summed E-state index contributed by atoms with van der Waals surface area (Å²) in [5, 5.41) is 1.10. The van der Waals surface area contributed by atoms with Crippen molar-refractivity contribution in [2.45, 2.75) is 64.3 Å². The molecule has 1 aliphatic rings. The number of fused-ring (bicyclic) bond motifs is 1. The molecular weight excluding hydrogens is 340 g/mol. The fourth-order valence-corrected chi connectivity index (χ4v) is 4.10. The summed E-state index contributed by atoms with van der Waals surface area (Å²) in [6.07, 6.45) is 10.6. The number of amides is 1. The standard InChI is InChI=1S/C22H28N2O3/c1-15(21(23)26)24-14-13-17-18(9-6-10-19(17)22(24)27)20(25)12-11-16-7-4-2-3-5-8-16/h6,9-10,13-16H,2-5,7-8,11-12H2,1H3,(H2,23,26)/t15-/m0/s1. The molecule has 2 aromatic rings. The van der Waals surface area contributed by atoms with E-state index >= 15 is 0 Å². The molecule has 1 atom stereocenters. The Morgan fingerprint density at radius 2 is 1.81 bits per heavy atom. The van der Waals surface area contributed by atoms with Gasteiger partial charge in [0, 0.05) is 23.6 Å². The first-order chi connectivity index (χ1) is 13.0. The average molecular weight is 368 g/mol. The van der Waals surface area contributed by atoms with Gasteiger partial charge in [-0.25, -0.2) is 0 Å². The maximum atomic E-state index is 12.8. The zero-order valence-corrected chi connectivity index (χ0v) is 15.9. The number of aromatic nitrogens is 1. The minimum Gasteiger partial charge on any atom is -0.368 e. The first kappa shape index (κ1) is 19.3. The maximum Gasteiger partial charge on any atom is 0.259 e. The van der Waals surface area contributed by atoms with Gasteiger partial charge >= 0.3 is 0 Å². The zero-order valence-electron chi connectivity index (χ0n) is 15.9. The molecule has 1 saturated carbocycles. The van der Waals surface area contributed by atoms with Crippen LogP contribution in [0.1, 0.15) is 74.7 Å². The van der Waals surface area contributed by atoms with Gasteiger partial charge in [0.1, 0.15) is 6.04 Å². The van der Waals surface area contributed by atoms with Crippen LogP contribution in [0.2, 0.25) is 0 Å². The molecule has 0 radical (unpaired) electrons. The Morgan fingerprint density at radius 1 is 1.11 bits per heavy atom. The van der Waals surface area contributed by atoms with Gasteiger partial charge in [-0.2, -0.15) is 0 Å². The molecule has 1 aromatic heterocycles. The quantitative estimate of drug-likeness (QED) is 0.618. The average Bonchev–Trinajstić information content (AvgIpc) is 2.94. The molecule has 1 heterocycles. The van der Waals surface area contributed by atoms with Crippen LogP contribution in [0.25, 0.3) is 10.8 Å². The second-order valence-electron chi connectivity index (χ2n) is 7.69. The van der Waals surface area contributed by atoms with Gasteiger partial charge in [0.05, 0.1) is 0 Å². The van der Waals surface area contributed by atoms with E-state index < -0.39 is 11.9 Å². The van der Waals surface area contributed by atoms with Crippen molar-refractivity contribution in [3.63, 3.8) is 0 Å². The third-order valence-corrected chi connectivity index (χ3v) is 5.86. The summed E-state index contributed by atoms with van der Waals surface area (Å²) in [6, 6.07) is 6.25. The number of pyridine rings is 1. The summed E-state index contributed by atoms with van der Waals surface area (Å²) in [5.41, 5.74) is 5.63. The number of hydrogen-bond acceptors (Lipinski definition) is 3. The smallest absolute Gasteiger partial charge is 0.259 e. The summed E-state index contributed by atoms with van der Waals surface area (Å²) >= 11 is 0. The van der Waals surface area contributed by atoms with Crippen LogP contribution in [-0.4, -0.2) is 16.3 Å². The van der Waals surface area contributed by atoms with Crippen molar-refractivity contribution < 1.29 is 9.59 Å². The van der Waals surface area contributed by atoms with E-state index in [-0.39, 0.29) is 11.3 Å². The van der Waals surface area contributed by atoms with Crippen LogP contribution in [0.5, 0.6) is 0 Å².